The lowest BCUT2D eigenvalue weighted by atomic mass is 9.82. The second-order valence-electron chi connectivity index (χ2n) is 4.97. The van der Waals surface area contributed by atoms with Crippen molar-refractivity contribution in [3.63, 3.8) is 0 Å². The van der Waals surface area contributed by atoms with E-state index in [9.17, 15) is 9.18 Å². The number of morpholine rings is 1. The molecule has 1 N–H and O–H groups in total. The summed E-state index contributed by atoms with van der Waals surface area (Å²) in [5.74, 6) is -0.912. The first-order valence-electron chi connectivity index (χ1n) is 6.22. The number of rotatable bonds is 2. The van der Waals surface area contributed by atoms with Crippen molar-refractivity contribution in [2.45, 2.75) is 24.9 Å². The Bertz CT molecular complexity index is 454. The third-order valence-corrected chi connectivity index (χ3v) is 3.64. The zero-order chi connectivity index (χ0) is 12.5. The average Bonchev–Trinajstić information content (AvgIpc) is 2.38. The third-order valence-electron chi connectivity index (χ3n) is 3.64. The molecule has 0 aliphatic carbocycles. The number of ether oxygens (including phenoxy) is 1. The van der Waals surface area contributed by atoms with Gasteiger partial charge in [0.2, 0.25) is 5.95 Å². The van der Waals surface area contributed by atoms with Gasteiger partial charge in [-0.2, -0.15) is 4.39 Å². The number of hydrogen-bond donors (Lipinski definition) is 1. The number of nitrogens with one attached hydrogen (secondary N) is 1. The van der Waals surface area contributed by atoms with Gasteiger partial charge in [0, 0.05) is 24.2 Å². The number of Topliss-reactive ketones (excluding diaryl/α,β-unsaturated/α-hetero) is 1. The Labute approximate surface area is 105 Å². The maximum Gasteiger partial charge on any atom is 0.223 e. The Morgan fingerprint density at radius 2 is 2.11 bits per heavy atom. The predicted molar refractivity (Wildman–Crippen MR) is 62.8 cm³/mol. The molecular formula is C13H15FN2O2. The van der Waals surface area contributed by atoms with Crippen LogP contribution in [0.2, 0.25) is 0 Å². The van der Waals surface area contributed by atoms with Crippen LogP contribution in [0.4, 0.5) is 4.39 Å². The molecule has 0 amide bonds. The van der Waals surface area contributed by atoms with Crippen molar-refractivity contribution in [2.75, 3.05) is 13.2 Å². The van der Waals surface area contributed by atoms with Crippen LogP contribution in [-0.4, -0.2) is 36.1 Å². The standard InChI is InChI=1S/C13H15FN2O2/c14-13-11(2-1-3-15-13)12(17)8-4-9-6-18-7-10(5-8)16-9/h1-3,8-10,16H,4-7H2. The third kappa shape index (κ3) is 2.15. The van der Waals surface area contributed by atoms with Gasteiger partial charge >= 0.3 is 0 Å². The Kier molecular flexibility index (Phi) is 3.09. The van der Waals surface area contributed by atoms with E-state index in [4.69, 9.17) is 4.74 Å². The quantitative estimate of drug-likeness (QED) is 0.632. The van der Waals surface area contributed by atoms with Gasteiger partial charge in [-0.1, -0.05) is 0 Å². The van der Waals surface area contributed by atoms with Gasteiger partial charge in [0.05, 0.1) is 18.8 Å². The molecule has 96 valence electrons. The van der Waals surface area contributed by atoms with E-state index in [-0.39, 0.29) is 29.3 Å². The van der Waals surface area contributed by atoms with Gasteiger partial charge in [-0.25, -0.2) is 4.98 Å². The molecule has 2 aliphatic heterocycles. The summed E-state index contributed by atoms with van der Waals surface area (Å²) >= 11 is 0. The minimum atomic E-state index is -0.664. The van der Waals surface area contributed by atoms with E-state index in [0.717, 1.165) is 0 Å². The summed E-state index contributed by atoms with van der Waals surface area (Å²) < 4.78 is 18.9. The van der Waals surface area contributed by atoms with E-state index in [1.807, 2.05) is 0 Å². The first kappa shape index (κ1) is 11.7. The number of pyridine rings is 1. The zero-order valence-corrected chi connectivity index (χ0v) is 9.93. The number of carbonyl (C=O) groups is 1. The number of nitrogens with zero attached hydrogens (tertiary/aromatic N) is 1. The Morgan fingerprint density at radius 1 is 1.39 bits per heavy atom. The molecule has 5 heteroatoms. The maximum atomic E-state index is 13.5. The maximum absolute atomic E-state index is 13.5. The highest BCUT2D eigenvalue weighted by Gasteiger charge is 2.36. The monoisotopic (exact) mass is 250 g/mol. The summed E-state index contributed by atoms with van der Waals surface area (Å²) in [4.78, 5) is 15.8. The van der Waals surface area contributed by atoms with Gasteiger partial charge in [0.1, 0.15) is 0 Å². The lowest BCUT2D eigenvalue weighted by Crippen LogP contribution is -2.55. The fourth-order valence-electron chi connectivity index (χ4n) is 2.84. The molecular weight excluding hydrogens is 235 g/mol. The van der Waals surface area contributed by atoms with Gasteiger partial charge in [-0.15, -0.1) is 0 Å². The second kappa shape index (κ2) is 4.74. The van der Waals surface area contributed by atoms with Crippen LogP contribution < -0.4 is 5.32 Å². The normalized spacial score (nSPS) is 31.1. The molecule has 18 heavy (non-hydrogen) atoms. The molecule has 1 aromatic heterocycles. The lowest BCUT2D eigenvalue weighted by molar-refractivity contribution is 0.00944. The molecule has 0 aromatic carbocycles. The van der Waals surface area contributed by atoms with Crippen LogP contribution in [-0.2, 0) is 4.74 Å². The largest absolute Gasteiger partial charge is 0.378 e. The summed E-state index contributed by atoms with van der Waals surface area (Å²) in [6.07, 6.45) is 2.78. The topological polar surface area (TPSA) is 51.2 Å². The van der Waals surface area contributed by atoms with Crippen molar-refractivity contribution in [3.8, 4) is 0 Å². The van der Waals surface area contributed by atoms with Gasteiger partial charge in [0.25, 0.3) is 0 Å². The first-order chi connectivity index (χ1) is 8.74. The molecule has 2 bridgehead atoms. The van der Waals surface area contributed by atoms with Gasteiger partial charge in [-0.3, -0.25) is 4.79 Å². The van der Waals surface area contributed by atoms with Crippen LogP contribution in [0.1, 0.15) is 23.2 Å². The van der Waals surface area contributed by atoms with Crippen LogP contribution in [0, 0.1) is 11.9 Å². The van der Waals surface area contributed by atoms with Crippen LogP contribution in [0.25, 0.3) is 0 Å². The van der Waals surface area contributed by atoms with Gasteiger partial charge < -0.3 is 10.1 Å². The van der Waals surface area contributed by atoms with E-state index >= 15 is 0 Å². The van der Waals surface area contributed by atoms with Crippen LogP contribution in [0.15, 0.2) is 18.3 Å². The van der Waals surface area contributed by atoms with Crippen molar-refractivity contribution >= 4 is 5.78 Å². The summed E-state index contributed by atoms with van der Waals surface area (Å²) in [6.45, 7) is 1.27. The Morgan fingerprint density at radius 3 is 2.78 bits per heavy atom. The number of halogens is 1. The lowest BCUT2D eigenvalue weighted by Gasteiger charge is -2.39. The minimum absolute atomic E-state index is 0.114. The smallest absolute Gasteiger partial charge is 0.223 e. The van der Waals surface area contributed by atoms with E-state index in [1.165, 1.54) is 12.3 Å². The molecule has 0 spiro atoms. The molecule has 2 saturated heterocycles. The number of piperidine rings is 1. The molecule has 2 aliphatic rings. The number of aromatic nitrogens is 1. The molecule has 0 saturated carbocycles. The van der Waals surface area contributed by atoms with E-state index < -0.39 is 5.95 Å². The van der Waals surface area contributed by atoms with Gasteiger partial charge in [0.15, 0.2) is 5.78 Å². The molecule has 3 heterocycles. The average molecular weight is 250 g/mol. The van der Waals surface area contributed by atoms with E-state index in [2.05, 4.69) is 10.3 Å². The van der Waals surface area contributed by atoms with Crippen molar-refractivity contribution < 1.29 is 13.9 Å². The molecule has 3 rings (SSSR count). The fourth-order valence-corrected chi connectivity index (χ4v) is 2.84. The number of ketones is 1. The van der Waals surface area contributed by atoms with Crippen molar-refractivity contribution in [2.24, 2.45) is 5.92 Å². The zero-order valence-electron chi connectivity index (χ0n) is 9.93. The van der Waals surface area contributed by atoms with Crippen LogP contribution in [0.5, 0.6) is 0 Å². The first-order valence-corrected chi connectivity index (χ1v) is 6.22. The summed E-state index contributed by atoms with van der Waals surface area (Å²) in [5, 5.41) is 3.42. The fraction of sp³-hybridized carbons (Fsp3) is 0.538. The minimum Gasteiger partial charge on any atom is -0.378 e. The van der Waals surface area contributed by atoms with Crippen molar-refractivity contribution in [1.29, 1.82) is 0 Å². The Balaban J connectivity index is 1.79. The summed E-state index contributed by atoms with van der Waals surface area (Å²) in [5.41, 5.74) is 0.114. The summed E-state index contributed by atoms with van der Waals surface area (Å²) in [6, 6.07) is 3.54. The van der Waals surface area contributed by atoms with E-state index in [0.29, 0.717) is 26.1 Å². The summed E-state index contributed by atoms with van der Waals surface area (Å²) in [7, 11) is 0. The highest BCUT2D eigenvalue weighted by molar-refractivity contribution is 5.97. The molecule has 4 nitrogen and oxygen atoms in total. The van der Waals surface area contributed by atoms with Gasteiger partial charge in [-0.05, 0) is 25.0 Å². The SMILES string of the molecule is O=C(c1cccnc1F)C1CC2COCC(C1)N2. The molecule has 2 unspecified atom stereocenters. The highest BCUT2D eigenvalue weighted by Crippen LogP contribution is 2.27. The number of fused-ring (bicyclic) bond motifs is 2. The molecule has 2 atom stereocenters. The number of hydrogen-bond acceptors (Lipinski definition) is 4. The number of carbonyl (C=O) groups excluding carboxylic acids is 1. The second-order valence-corrected chi connectivity index (χ2v) is 4.97. The van der Waals surface area contributed by atoms with Crippen LogP contribution in [0.3, 0.4) is 0 Å². The molecule has 2 fully saturated rings. The van der Waals surface area contributed by atoms with Crippen molar-refractivity contribution in [1.82, 2.24) is 10.3 Å². The van der Waals surface area contributed by atoms with E-state index in [1.54, 1.807) is 6.07 Å². The van der Waals surface area contributed by atoms with Crippen molar-refractivity contribution in [3.05, 3.63) is 29.8 Å². The van der Waals surface area contributed by atoms with Crippen LogP contribution >= 0.6 is 0 Å². The highest BCUT2D eigenvalue weighted by atomic mass is 19.1. The Hall–Kier alpha value is -1.33. The molecule has 0 radical (unpaired) electrons. The molecule has 1 aromatic rings. The predicted octanol–water partition coefficient (Wildman–Crippen LogP) is 1.17.